The summed E-state index contributed by atoms with van der Waals surface area (Å²) in [5.74, 6) is 0.129. The minimum Gasteiger partial charge on any atom is -0.341 e. The zero-order valence-electron chi connectivity index (χ0n) is 11.1. The third-order valence-electron chi connectivity index (χ3n) is 2.99. The second kappa shape index (κ2) is 7.11. The molecule has 0 bridgehead atoms. The highest BCUT2D eigenvalue weighted by Gasteiger charge is 2.10. The van der Waals surface area contributed by atoms with Crippen LogP contribution in [0, 0.1) is 0 Å². The SMILES string of the molecule is CN(Cc1ccc(Cl)s1)C(=O)CCc1ccc(Cl)cc1. The quantitative estimate of drug-likeness (QED) is 0.782. The van der Waals surface area contributed by atoms with Crippen molar-refractivity contribution in [2.45, 2.75) is 19.4 Å². The van der Waals surface area contributed by atoms with Crippen molar-refractivity contribution < 1.29 is 4.79 Å². The molecule has 0 saturated carbocycles. The molecule has 0 radical (unpaired) electrons. The van der Waals surface area contributed by atoms with Crippen LogP contribution < -0.4 is 0 Å². The molecule has 0 aliphatic carbocycles. The Morgan fingerprint density at radius 3 is 2.45 bits per heavy atom. The molecule has 2 rings (SSSR count). The van der Waals surface area contributed by atoms with Crippen molar-refractivity contribution in [3.05, 3.63) is 56.2 Å². The Bertz CT molecular complexity index is 580. The second-order valence-corrected chi connectivity index (χ2v) is 6.82. The van der Waals surface area contributed by atoms with Crippen molar-refractivity contribution >= 4 is 40.4 Å². The van der Waals surface area contributed by atoms with Gasteiger partial charge < -0.3 is 4.90 Å². The number of carbonyl (C=O) groups is 1. The van der Waals surface area contributed by atoms with E-state index in [4.69, 9.17) is 23.2 Å². The largest absolute Gasteiger partial charge is 0.341 e. The zero-order valence-corrected chi connectivity index (χ0v) is 13.4. The van der Waals surface area contributed by atoms with Gasteiger partial charge in [0, 0.05) is 23.4 Å². The topological polar surface area (TPSA) is 20.3 Å². The van der Waals surface area contributed by atoms with Crippen LogP contribution in [-0.2, 0) is 17.8 Å². The number of hydrogen-bond acceptors (Lipinski definition) is 2. The van der Waals surface area contributed by atoms with Gasteiger partial charge in [0.25, 0.3) is 0 Å². The molecular weight excluding hydrogens is 313 g/mol. The Balaban J connectivity index is 1.83. The van der Waals surface area contributed by atoms with Crippen LogP contribution in [0.25, 0.3) is 0 Å². The summed E-state index contributed by atoms with van der Waals surface area (Å²) in [6.07, 6.45) is 1.22. The highest BCUT2D eigenvalue weighted by Crippen LogP contribution is 2.22. The Labute approximate surface area is 132 Å². The number of halogens is 2. The van der Waals surface area contributed by atoms with E-state index in [0.29, 0.717) is 18.0 Å². The molecule has 2 nitrogen and oxygen atoms in total. The van der Waals surface area contributed by atoms with E-state index in [1.165, 1.54) is 11.3 Å². The summed E-state index contributed by atoms with van der Waals surface area (Å²) in [6.45, 7) is 0.608. The molecule has 0 aliphatic rings. The van der Waals surface area contributed by atoms with E-state index in [0.717, 1.165) is 21.2 Å². The molecule has 1 aromatic heterocycles. The normalized spacial score (nSPS) is 10.6. The van der Waals surface area contributed by atoms with Crippen molar-refractivity contribution in [2.75, 3.05) is 7.05 Å². The molecule has 0 aliphatic heterocycles. The molecule has 0 fully saturated rings. The predicted octanol–water partition coefficient (Wildman–Crippen LogP) is 4.65. The molecule has 20 heavy (non-hydrogen) atoms. The summed E-state index contributed by atoms with van der Waals surface area (Å²) >= 11 is 13.2. The van der Waals surface area contributed by atoms with Gasteiger partial charge in [-0.1, -0.05) is 35.3 Å². The van der Waals surface area contributed by atoms with Crippen LogP contribution in [0.3, 0.4) is 0 Å². The first-order valence-electron chi connectivity index (χ1n) is 6.27. The average Bonchev–Trinajstić information content (AvgIpc) is 2.83. The maximum absolute atomic E-state index is 12.1. The van der Waals surface area contributed by atoms with E-state index in [9.17, 15) is 4.79 Å². The lowest BCUT2D eigenvalue weighted by molar-refractivity contribution is -0.130. The van der Waals surface area contributed by atoms with E-state index in [1.54, 1.807) is 4.90 Å². The first kappa shape index (κ1) is 15.4. The van der Waals surface area contributed by atoms with Crippen LogP contribution in [0.1, 0.15) is 16.9 Å². The Kier molecular flexibility index (Phi) is 5.46. The maximum Gasteiger partial charge on any atom is 0.222 e. The molecule has 2 aromatic rings. The van der Waals surface area contributed by atoms with Crippen molar-refractivity contribution in [3.63, 3.8) is 0 Å². The summed E-state index contributed by atoms with van der Waals surface area (Å²) in [4.78, 5) is 14.9. The van der Waals surface area contributed by atoms with Gasteiger partial charge in [0.15, 0.2) is 0 Å². The van der Waals surface area contributed by atoms with E-state index >= 15 is 0 Å². The minimum absolute atomic E-state index is 0.129. The zero-order chi connectivity index (χ0) is 14.5. The fourth-order valence-corrected chi connectivity index (χ4v) is 3.12. The summed E-state index contributed by atoms with van der Waals surface area (Å²) in [6, 6.07) is 11.4. The van der Waals surface area contributed by atoms with E-state index in [-0.39, 0.29) is 5.91 Å². The van der Waals surface area contributed by atoms with E-state index in [2.05, 4.69) is 0 Å². The lowest BCUT2D eigenvalue weighted by atomic mass is 10.1. The first-order valence-corrected chi connectivity index (χ1v) is 7.84. The average molecular weight is 328 g/mol. The highest BCUT2D eigenvalue weighted by molar-refractivity contribution is 7.16. The van der Waals surface area contributed by atoms with Gasteiger partial charge in [0.2, 0.25) is 5.91 Å². The predicted molar refractivity (Wildman–Crippen MR) is 85.6 cm³/mol. The maximum atomic E-state index is 12.1. The summed E-state index contributed by atoms with van der Waals surface area (Å²) < 4.78 is 0.752. The number of amides is 1. The van der Waals surface area contributed by atoms with E-state index in [1.807, 2.05) is 43.4 Å². The lowest BCUT2D eigenvalue weighted by Crippen LogP contribution is -2.25. The van der Waals surface area contributed by atoms with Gasteiger partial charge in [0.05, 0.1) is 10.9 Å². The van der Waals surface area contributed by atoms with Gasteiger partial charge in [-0.15, -0.1) is 11.3 Å². The van der Waals surface area contributed by atoms with Gasteiger partial charge in [-0.2, -0.15) is 0 Å². The van der Waals surface area contributed by atoms with Crippen LogP contribution in [0.5, 0.6) is 0 Å². The molecule has 0 spiro atoms. The Hall–Kier alpha value is -1.03. The molecule has 1 aromatic carbocycles. The lowest BCUT2D eigenvalue weighted by Gasteiger charge is -2.16. The minimum atomic E-state index is 0.129. The highest BCUT2D eigenvalue weighted by atomic mass is 35.5. The fraction of sp³-hybridized carbons (Fsp3) is 0.267. The molecule has 0 unspecified atom stereocenters. The van der Waals surface area contributed by atoms with Crippen LogP contribution in [0.4, 0.5) is 0 Å². The molecule has 1 amide bonds. The van der Waals surface area contributed by atoms with Crippen molar-refractivity contribution in [3.8, 4) is 0 Å². The number of aryl methyl sites for hydroxylation is 1. The number of nitrogens with zero attached hydrogens (tertiary/aromatic N) is 1. The van der Waals surface area contributed by atoms with Crippen LogP contribution in [-0.4, -0.2) is 17.9 Å². The van der Waals surface area contributed by atoms with Gasteiger partial charge in [-0.3, -0.25) is 4.79 Å². The Morgan fingerprint density at radius 2 is 1.85 bits per heavy atom. The second-order valence-electron chi connectivity index (χ2n) is 4.58. The van der Waals surface area contributed by atoms with Gasteiger partial charge >= 0.3 is 0 Å². The van der Waals surface area contributed by atoms with Crippen molar-refractivity contribution in [1.29, 1.82) is 0 Å². The monoisotopic (exact) mass is 327 g/mol. The van der Waals surface area contributed by atoms with Crippen LogP contribution >= 0.6 is 34.5 Å². The summed E-state index contributed by atoms with van der Waals surface area (Å²) in [5, 5.41) is 0.715. The molecular formula is C15H15Cl2NOS. The number of carbonyl (C=O) groups excluding carboxylic acids is 1. The molecule has 0 N–H and O–H groups in total. The first-order chi connectivity index (χ1) is 9.54. The molecule has 1 heterocycles. The standard InChI is InChI=1S/C15H15Cl2NOS/c1-18(10-13-7-8-14(17)20-13)15(19)9-4-11-2-5-12(16)6-3-11/h2-3,5-8H,4,9-10H2,1H3. The third kappa shape index (κ3) is 4.51. The summed E-state index contributed by atoms with van der Waals surface area (Å²) in [5.41, 5.74) is 1.12. The third-order valence-corrected chi connectivity index (χ3v) is 4.46. The summed E-state index contributed by atoms with van der Waals surface area (Å²) in [7, 11) is 1.82. The van der Waals surface area contributed by atoms with E-state index < -0.39 is 0 Å². The smallest absolute Gasteiger partial charge is 0.222 e. The van der Waals surface area contributed by atoms with Gasteiger partial charge in [-0.05, 0) is 36.2 Å². The van der Waals surface area contributed by atoms with Gasteiger partial charge in [0.1, 0.15) is 0 Å². The molecule has 106 valence electrons. The number of benzene rings is 1. The van der Waals surface area contributed by atoms with Crippen LogP contribution in [0.2, 0.25) is 9.36 Å². The fourth-order valence-electron chi connectivity index (χ4n) is 1.85. The Morgan fingerprint density at radius 1 is 1.15 bits per heavy atom. The molecule has 5 heteroatoms. The number of rotatable bonds is 5. The van der Waals surface area contributed by atoms with Gasteiger partial charge in [-0.25, -0.2) is 0 Å². The van der Waals surface area contributed by atoms with Crippen molar-refractivity contribution in [1.82, 2.24) is 4.90 Å². The number of hydrogen-bond donors (Lipinski definition) is 0. The molecule has 0 saturated heterocycles. The molecule has 0 atom stereocenters. The number of thiophene rings is 1. The van der Waals surface area contributed by atoms with Crippen molar-refractivity contribution in [2.24, 2.45) is 0 Å². The van der Waals surface area contributed by atoms with Crippen LogP contribution in [0.15, 0.2) is 36.4 Å².